The van der Waals surface area contributed by atoms with Crippen molar-refractivity contribution in [1.29, 1.82) is 0 Å². The van der Waals surface area contributed by atoms with Crippen molar-refractivity contribution < 1.29 is 23.6 Å². The summed E-state index contributed by atoms with van der Waals surface area (Å²) in [6, 6.07) is 29.8. The number of rotatable bonds is 9. The molecule has 0 spiro atoms. The van der Waals surface area contributed by atoms with E-state index in [4.69, 9.17) is 0 Å². The van der Waals surface area contributed by atoms with E-state index in [1.54, 1.807) is 78.9 Å². The lowest BCUT2D eigenvalue weighted by molar-refractivity contribution is -0.117. The number of benzene rings is 4. The minimum atomic E-state index is -0.574. The van der Waals surface area contributed by atoms with Gasteiger partial charge in [-0.2, -0.15) is 10.1 Å². The number of hydrogen-bond acceptors (Lipinski definition) is 6. The number of halogens is 1. The van der Waals surface area contributed by atoms with Crippen molar-refractivity contribution in [2.75, 3.05) is 16.1 Å². The molecule has 3 N–H and O–H groups in total. The predicted octanol–water partition coefficient (Wildman–Crippen LogP) is 5.19. The van der Waals surface area contributed by atoms with Crippen molar-refractivity contribution in [3.05, 3.63) is 132 Å². The molecule has 1 aliphatic rings. The molecule has 220 valence electrons. The van der Waals surface area contributed by atoms with Crippen molar-refractivity contribution in [3.63, 3.8) is 0 Å². The summed E-state index contributed by atoms with van der Waals surface area (Å²) in [5.74, 6) is -1.64. The Labute approximate surface area is 256 Å². The number of amidine groups is 1. The Morgan fingerprint density at radius 3 is 2.18 bits per heavy atom. The second-order valence-electron chi connectivity index (χ2n) is 9.51. The van der Waals surface area contributed by atoms with Gasteiger partial charge in [0.1, 0.15) is 17.3 Å². The molecule has 0 saturated carbocycles. The molecule has 1 heterocycles. The van der Waals surface area contributed by atoms with E-state index in [1.165, 1.54) is 47.1 Å². The van der Waals surface area contributed by atoms with Crippen molar-refractivity contribution in [2.24, 2.45) is 5.10 Å². The number of para-hydroxylation sites is 1. The molecule has 0 fully saturated rings. The van der Waals surface area contributed by atoms with E-state index < -0.39 is 17.6 Å². The van der Waals surface area contributed by atoms with Gasteiger partial charge in [-0.15, -0.1) is 11.8 Å². The van der Waals surface area contributed by atoms with Gasteiger partial charge in [0.2, 0.25) is 5.91 Å². The van der Waals surface area contributed by atoms with Crippen LogP contribution in [0, 0.1) is 5.82 Å². The maximum atomic E-state index is 13.4. The fourth-order valence-corrected chi connectivity index (χ4v) is 4.82. The van der Waals surface area contributed by atoms with Crippen molar-refractivity contribution >= 4 is 58.7 Å². The second kappa shape index (κ2) is 14.1. The Morgan fingerprint density at radius 2 is 1.50 bits per heavy atom. The summed E-state index contributed by atoms with van der Waals surface area (Å²) in [5, 5.41) is 13.6. The topological polar surface area (TPSA) is 120 Å². The van der Waals surface area contributed by atoms with Crippen molar-refractivity contribution in [3.8, 4) is 0 Å². The number of nitrogens with one attached hydrogen (secondary N) is 3. The van der Waals surface area contributed by atoms with Gasteiger partial charge in [0, 0.05) is 16.1 Å². The maximum Gasteiger partial charge on any atom is 0.272 e. The average molecular weight is 608 g/mol. The highest BCUT2D eigenvalue weighted by Crippen LogP contribution is 2.22. The van der Waals surface area contributed by atoms with Gasteiger partial charge in [0.25, 0.3) is 17.7 Å². The number of amides is 4. The molecule has 1 aliphatic heterocycles. The van der Waals surface area contributed by atoms with Crippen LogP contribution in [-0.2, 0) is 14.4 Å². The average Bonchev–Trinajstić information content (AvgIpc) is 3.41. The second-order valence-corrected chi connectivity index (χ2v) is 10.6. The molecule has 9 nitrogen and oxygen atoms in total. The van der Waals surface area contributed by atoms with E-state index in [9.17, 15) is 23.6 Å². The van der Waals surface area contributed by atoms with Gasteiger partial charge < -0.3 is 16.0 Å². The third-order valence-corrected chi connectivity index (χ3v) is 7.26. The first kappa shape index (κ1) is 29.9. The lowest BCUT2D eigenvalue weighted by atomic mass is 10.1. The predicted molar refractivity (Wildman–Crippen MR) is 168 cm³/mol. The highest BCUT2D eigenvalue weighted by Gasteiger charge is 2.26. The summed E-state index contributed by atoms with van der Waals surface area (Å²) in [7, 11) is 0. The maximum absolute atomic E-state index is 13.4. The molecule has 4 aromatic rings. The minimum Gasteiger partial charge on any atom is -0.321 e. The number of nitrogens with zero attached hydrogens (tertiary/aromatic N) is 2. The van der Waals surface area contributed by atoms with Gasteiger partial charge in [-0.25, -0.2) is 4.39 Å². The summed E-state index contributed by atoms with van der Waals surface area (Å²) in [6.45, 7) is 0. The normalized spacial score (nSPS) is 12.8. The molecule has 5 rings (SSSR count). The Hall–Kier alpha value is -5.55. The monoisotopic (exact) mass is 607 g/mol. The Balaban J connectivity index is 1.18. The number of thioether (sulfide) groups is 1. The van der Waals surface area contributed by atoms with Gasteiger partial charge in [0.05, 0.1) is 17.9 Å². The van der Waals surface area contributed by atoms with Gasteiger partial charge in [-0.05, 0) is 72.3 Å². The molecule has 44 heavy (non-hydrogen) atoms. The third kappa shape index (κ3) is 8.05. The molecular formula is C33H26FN5O4S. The SMILES string of the molecule is O=C(CSc1ccc(NC(=O)/C(=C/c2ccc(F)cc2)NC(=O)c2ccccc2)cc1)NC1=NN(c2ccccc2)C(=O)C1. The zero-order chi connectivity index (χ0) is 30.9. The smallest absolute Gasteiger partial charge is 0.272 e. The van der Waals surface area contributed by atoms with Gasteiger partial charge in [-0.3, -0.25) is 19.2 Å². The number of hydrazone groups is 1. The standard InChI is InChI=1S/C33H26FN5O4S/c34-24-13-11-22(12-14-24)19-28(36-32(42)23-7-3-1-4-8-23)33(43)35-25-15-17-27(18-16-25)44-21-30(40)37-29-20-31(41)39(38-29)26-9-5-2-6-10-26/h1-19H,20-21H2,(H,35,43)(H,36,42)(H,37,38,40)/b28-19-. The number of carbonyl (C=O) groups excluding carboxylic acids is 4. The molecule has 0 atom stereocenters. The van der Waals surface area contributed by atoms with Crippen LogP contribution in [-0.4, -0.2) is 35.2 Å². The lowest BCUT2D eigenvalue weighted by Gasteiger charge is -2.12. The molecule has 0 aliphatic carbocycles. The van der Waals surface area contributed by atoms with Crippen LogP contribution >= 0.6 is 11.8 Å². The number of carbonyl (C=O) groups is 4. The van der Waals surface area contributed by atoms with Crippen molar-refractivity contribution in [1.82, 2.24) is 10.6 Å². The quantitative estimate of drug-likeness (QED) is 0.179. The summed E-state index contributed by atoms with van der Waals surface area (Å²) >= 11 is 1.28. The van der Waals surface area contributed by atoms with Crippen LogP contribution in [0.5, 0.6) is 0 Å². The molecule has 4 aromatic carbocycles. The molecule has 11 heteroatoms. The fourth-order valence-electron chi connectivity index (χ4n) is 4.12. The molecule has 0 bridgehead atoms. The van der Waals surface area contributed by atoms with Gasteiger partial charge >= 0.3 is 0 Å². The first-order chi connectivity index (χ1) is 21.3. The molecule has 0 radical (unpaired) electrons. The van der Waals surface area contributed by atoms with Crippen LogP contribution in [0.4, 0.5) is 15.8 Å². The first-order valence-electron chi connectivity index (χ1n) is 13.5. The van der Waals surface area contributed by atoms with E-state index in [0.29, 0.717) is 22.5 Å². The van der Waals surface area contributed by atoms with E-state index in [1.807, 2.05) is 6.07 Å². The van der Waals surface area contributed by atoms with E-state index in [2.05, 4.69) is 21.1 Å². The Bertz CT molecular complexity index is 1730. The largest absolute Gasteiger partial charge is 0.321 e. The Morgan fingerprint density at radius 1 is 0.841 bits per heavy atom. The van der Waals surface area contributed by atoms with Crippen LogP contribution in [0.3, 0.4) is 0 Å². The van der Waals surface area contributed by atoms with Crippen molar-refractivity contribution in [2.45, 2.75) is 11.3 Å². The lowest BCUT2D eigenvalue weighted by Crippen LogP contribution is -2.31. The summed E-state index contributed by atoms with van der Waals surface area (Å²) < 4.78 is 13.4. The minimum absolute atomic E-state index is 0.00307. The molecule has 0 unspecified atom stereocenters. The van der Waals surface area contributed by atoms with E-state index in [-0.39, 0.29) is 35.5 Å². The molecule has 0 saturated heterocycles. The molecular weight excluding hydrogens is 581 g/mol. The van der Waals surface area contributed by atoms with Gasteiger partial charge in [0.15, 0.2) is 0 Å². The van der Waals surface area contributed by atoms with Crippen LogP contribution in [0.25, 0.3) is 6.08 Å². The Kier molecular flexibility index (Phi) is 9.57. The number of anilines is 2. The summed E-state index contributed by atoms with van der Waals surface area (Å²) in [6.07, 6.45) is 1.46. The fraction of sp³-hybridized carbons (Fsp3) is 0.0606. The third-order valence-electron chi connectivity index (χ3n) is 6.25. The van der Waals surface area contributed by atoms with Gasteiger partial charge in [-0.1, -0.05) is 48.5 Å². The number of hydrogen-bond donors (Lipinski definition) is 3. The van der Waals surface area contributed by atoms with Crippen LogP contribution in [0.15, 0.2) is 125 Å². The van der Waals surface area contributed by atoms with Crippen LogP contribution in [0.2, 0.25) is 0 Å². The van der Waals surface area contributed by atoms with E-state index in [0.717, 1.165) is 4.90 Å². The van der Waals surface area contributed by atoms with Crippen LogP contribution in [0.1, 0.15) is 22.3 Å². The summed E-state index contributed by atoms with van der Waals surface area (Å²) in [5.41, 5.74) is 1.95. The molecule has 0 aromatic heterocycles. The van der Waals surface area contributed by atoms with E-state index >= 15 is 0 Å². The van der Waals surface area contributed by atoms with Crippen LogP contribution < -0.4 is 21.0 Å². The summed E-state index contributed by atoms with van der Waals surface area (Å²) in [4.78, 5) is 51.6. The highest BCUT2D eigenvalue weighted by atomic mass is 32.2. The first-order valence-corrected chi connectivity index (χ1v) is 14.5. The zero-order valence-corrected chi connectivity index (χ0v) is 24.0. The highest BCUT2D eigenvalue weighted by molar-refractivity contribution is 8.00. The zero-order valence-electron chi connectivity index (χ0n) is 23.2. The molecule has 4 amide bonds.